The van der Waals surface area contributed by atoms with E-state index < -0.39 is 0 Å². The van der Waals surface area contributed by atoms with E-state index in [1.807, 2.05) is 6.07 Å². The van der Waals surface area contributed by atoms with Crippen LogP contribution in [0.3, 0.4) is 0 Å². The average Bonchev–Trinajstić information content (AvgIpc) is 2.83. The van der Waals surface area contributed by atoms with Crippen molar-refractivity contribution in [3.8, 4) is 5.75 Å². The predicted molar refractivity (Wildman–Crippen MR) is 94.2 cm³/mol. The third-order valence-electron chi connectivity index (χ3n) is 4.81. The van der Waals surface area contributed by atoms with Crippen LogP contribution in [0.4, 0.5) is 0 Å². The lowest BCUT2D eigenvalue weighted by atomic mass is 9.70. The van der Waals surface area contributed by atoms with Gasteiger partial charge < -0.3 is 4.84 Å². The third kappa shape index (κ3) is 2.82. The van der Waals surface area contributed by atoms with Crippen LogP contribution in [0.1, 0.15) is 50.7 Å². The molecule has 1 aromatic rings. The van der Waals surface area contributed by atoms with Crippen LogP contribution in [0.25, 0.3) is 5.57 Å². The zero-order valence-corrected chi connectivity index (χ0v) is 15.2. The van der Waals surface area contributed by atoms with Crippen molar-refractivity contribution in [2.45, 2.75) is 46.0 Å². The number of ketones is 1. The van der Waals surface area contributed by atoms with Gasteiger partial charge in [0.1, 0.15) is 5.02 Å². The highest BCUT2D eigenvalue weighted by Crippen LogP contribution is 2.58. The summed E-state index contributed by atoms with van der Waals surface area (Å²) < 4.78 is 0. The minimum Gasteiger partial charge on any atom is -0.378 e. The normalized spacial score (nSPS) is 21.8. The molecule has 3 rings (SSSR count). The zero-order chi connectivity index (χ0) is 17.5. The fourth-order valence-corrected chi connectivity index (χ4v) is 4.38. The molecule has 0 aromatic heterocycles. The first-order valence-corrected chi connectivity index (χ1v) is 8.83. The van der Waals surface area contributed by atoms with Crippen molar-refractivity contribution in [1.82, 2.24) is 5.48 Å². The molecule has 4 nitrogen and oxygen atoms in total. The summed E-state index contributed by atoms with van der Waals surface area (Å²) >= 11 is 12.8. The molecule has 0 aliphatic heterocycles. The Labute approximate surface area is 151 Å². The summed E-state index contributed by atoms with van der Waals surface area (Å²) in [5.41, 5.74) is 5.10. The van der Waals surface area contributed by atoms with Crippen molar-refractivity contribution in [1.29, 1.82) is 0 Å². The molecule has 128 valence electrons. The molecule has 0 saturated carbocycles. The van der Waals surface area contributed by atoms with Crippen LogP contribution in [0.15, 0.2) is 12.1 Å². The Morgan fingerprint density at radius 3 is 2.79 bits per heavy atom. The molecule has 0 heterocycles. The Bertz CT molecular complexity index is 757. The Morgan fingerprint density at radius 1 is 1.38 bits per heavy atom. The van der Waals surface area contributed by atoms with Crippen LogP contribution in [0.2, 0.25) is 10.0 Å². The van der Waals surface area contributed by atoms with Gasteiger partial charge in [0.2, 0.25) is 5.91 Å². The zero-order valence-electron chi connectivity index (χ0n) is 13.7. The van der Waals surface area contributed by atoms with Crippen molar-refractivity contribution >= 4 is 40.5 Å². The number of benzene rings is 1. The van der Waals surface area contributed by atoms with E-state index >= 15 is 0 Å². The minimum absolute atomic E-state index is 0.0510. The highest BCUT2D eigenvalue weighted by molar-refractivity contribution is 6.44. The fourth-order valence-electron chi connectivity index (χ4n) is 3.88. The minimum atomic E-state index is -0.327. The van der Waals surface area contributed by atoms with Gasteiger partial charge in [-0.05, 0) is 42.5 Å². The second-order valence-electron chi connectivity index (χ2n) is 6.53. The van der Waals surface area contributed by atoms with E-state index in [2.05, 4.69) is 12.4 Å². The van der Waals surface area contributed by atoms with Crippen LogP contribution < -0.4 is 10.3 Å². The van der Waals surface area contributed by atoms with Crippen molar-refractivity contribution in [3.63, 3.8) is 0 Å². The van der Waals surface area contributed by atoms with E-state index in [1.54, 1.807) is 6.08 Å². The van der Waals surface area contributed by atoms with Gasteiger partial charge in [0.05, 0.1) is 5.02 Å². The summed E-state index contributed by atoms with van der Waals surface area (Å²) in [5.74, 6) is 0.135. The lowest BCUT2D eigenvalue weighted by Gasteiger charge is -2.33. The highest BCUT2D eigenvalue weighted by Gasteiger charge is 2.45. The smallest absolute Gasteiger partial charge is 0.249 e. The van der Waals surface area contributed by atoms with Gasteiger partial charge in [0, 0.05) is 24.3 Å². The summed E-state index contributed by atoms with van der Waals surface area (Å²) in [6, 6.07) is 1.82. The monoisotopic (exact) mass is 367 g/mol. The predicted octanol–water partition coefficient (Wildman–Crippen LogP) is 4.51. The van der Waals surface area contributed by atoms with Gasteiger partial charge >= 0.3 is 0 Å². The van der Waals surface area contributed by atoms with Gasteiger partial charge in [0.15, 0.2) is 11.5 Å². The van der Waals surface area contributed by atoms with Crippen molar-refractivity contribution in [3.05, 3.63) is 33.3 Å². The molecular formula is C18H19Cl2NO3. The molecule has 0 fully saturated rings. The number of halogens is 2. The van der Waals surface area contributed by atoms with E-state index in [0.29, 0.717) is 17.2 Å². The number of hydroxylamine groups is 1. The molecule has 1 amide bonds. The van der Waals surface area contributed by atoms with Crippen LogP contribution >= 0.6 is 23.2 Å². The van der Waals surface area contributed by atoms with Crippen LogP contribution in [-0.4, -0.2) is 11.7 Å². The Hall–Kier alpha value is -1.52. The molecule has 2 aliphatic rings. The van der Waals surface area contributed by atoms with Gasteiger partial charge in [-0.3, -0.25) is 9.59 Å². The molecule has 2 aliphatic carbocycles. The van der Waals surface area contributed by atoms with Gasteiger partial charge in [-0.15, -0.1) is 0 Å². The molecule has 24 heavy (non-hydrogen) atoms. The summed E-state index contributed by atoms with van der Waals surface area (Å²) in [4.78, 5) is 28.3. The van der Waals surface area contributed by atoms with E-state index in [-0.39, 0.29) is 22.1 Å². The summed E-state index contributed by atoms with van der Waals surface area (Å²) in [7, 11) is 0. The first-order valence-electron chi connectivity index (χ1n) is 8.07. The molecule has 0 saturated heterocycles. The first kappa shape index (κ1) is 17.3. The molecule has 1 N–H and O–H groups in total. The van der Waals surface area contributed by atoms with Crippen LogP contribution in [0.5, 0.6) is 5.75 Å². The lowest BCUT2D eigenvalue weighted by Crippen LogP contribution is -2.25. The summed E-state index contributed by atoms with van der Waals surface area (Å²) in [5, 5.41) is 0.629. The molecule has 1 atom stereocenters. The van der Waals surface area contributed by atoms with Gasteiger partial charge in [-0.25, -0.2) is 0 Å². The number of fused-ring (bicyclic) bond motifs is 3. The largest absolute Gasteiger partial charge is 0.378 e. The molecule has 6 heteroatoms. The number of amides is 1. The van der Waals surface area contributed by atoms with Gasteiger partial charge in [-0.1, -0.05) is 36.5 Å². The lowest BCUT2D eigenvalue weighted by molar-refractivity contribution is -0.125. The van der Waals surface area contributed by atoms with E-state index in [1.165, 1.54) is 6.92 Å². The Balaban J connectivity index is 2.09. The molecule has 0 spiro atoms. The Morgan fingerprint density at radius 2 is 2.12 bits per heavy atom. The van der Waals surface area contributed by atoms with Gasteiger partial charge in [0.25, 0.3) is 0 Å². The average molecular weight is 368 g/mol. The van der Waals surface area contributed by atoms with Crippen LogP contribution in [0, 0.1) is 5.41 Å². The second-order valence-corrected chi connectivity index (χ2v) is 7.28. The standard InChI is InChI=1S/C18H19Cl2NO3/c1-3-5-18-6-4-12(23)8-13(18)15-11(9-18)7-14(16(19)17(15)20)24-21-10(2)22/h7-8H,3-6,9H2,1-2H3,(H,21,22). The molecular weight excluding hydrogens is 349 g/mol. The highest BCUT2D eigenvalue weighted by atomic mass is 35.5. The maximum atomic E-state index is 12.0. The summed E-state index contributed by atoms with van der Waals surface area (Å²) in [6.45, 7) is 3.50. The topological polar surface area (TPSA) is 55.4 Å². The second kappa shape index (κ2) is 6.41. The number of hydrogen-bond donors (Lipinski definition) is 1. The fraction of sp³-hybridized carbons (Fsp3) is 0.444. The third-order valence-corrected chi connectivity index (χ3v) is 5.66. The number of rotatable bonds is 4. The molecule has 0 radical (unpaired) electrons. The van der Waals surface area contributed by atoms with Crippen molar-refractivity contribution in [2.24, 2.45) is 5.41 Å². The maximum Gasteiger partial charge on any atom is 0.249 e. The quantitative estimate of drug-likeness (QED) is 0.796. The first-order chi connectivity index (χ1) is 11.4. The van der Waals surface area contributed by atoms with E-state index in [4.69, 9.17) is 28.0 Å². The maximum absolute atomic E-state index is 12.0. The number of nitrogens with one attached hydrogen (secondary N) is 1. The summed E-state index contributed by atoms with van der Waals surface area (Å²) in [6.07, 6.45) is 5.97. The van der Waals surface area contributed by atoms with Crippen molar-refractivity contribution in [2.75, 3.05) is 0 Å². The van der Waals surface area contributed by atoms with Gasteiger partial charge in [-0.2, -0.15) is 5.48 Å². The number of hydrogen-bond acceptors (Lipinski definition) is 3. The SMILES string of the molecule is CCCC12CCC(=O)C=C1c1c(cc(ONC(C)=O)c(Cl)c1Cl)C2. The molecule has 1 unspecified atom stereocenters. The molecule has 0 bridgehead atoms. The number of carbonyl (C=O) groups excluding carboxylic acids is 2. The number of allylic oxidation sites excluding steroid dienone is 2. The van der Waals surface area contributed by atoms with Crippen LogP contribution in [-0.2, 0) is 16.0 Å². The molecule has 1 aromatic carbocycles. The van der Waals surface area contributed by atoms with Crippen molar-refractivity contribution < 1.29 is 14.4 Å². The van der Waals surface area contributed by atoms with E-state index in [9.17, 15) is 9.59 Å². The number of carbonyl (C=O) groups is 2. The Kier molecular flexibility index (Phi) is 4.63. The van der Waals surface area contributed by atoms with E-state index in [0.717, 1.165) is 42.4 Å².